The molecule has 4 nitrogen and oxygen atoms in total. The normalized spacial score (nSPS) is 13.7. The minimum atomic E-state index is -0.770. The Morgan fingerprint density at radius 3 is 2.61 bits per heavy atom. The van der Waals surface area contributed by atoms with Gasteiger partial charge in [-0.2, -0.15) is 0 Å². The summed E-state index contributed by atoms with van der Waals surface area (Å²) < 4.78 is 5.21. The van der Waals surface area contributed by atoms with Crippen LogP contribution in [0.3, 0.4) is 0 Å². The molecule has 2 atom stereocenters. The van der Waals surface area contributed by atoms with Crippen molar-refractivity contribution in [1.29, 1.82) is 0 Å². The summed E-state index contributed by atoms with van der Waals surface area (Å²) in [7, 11) is 0. The molecule has 3 N–H and O–H groups in total. The Hall–Kier alpha value is -1.78. The van der Waals surface area contributed by atoms with E-state index in [4.69, 9.17) is 22.1 Å². The Labute approximate surface area is 141 Å². The summed E-state index contributed by atoms with van der Waals surface area (Å²) >= 11 is 5.58. The molecule has 0 fully saturated rings. The average Bonchev–Trinajstić information content (AvgIpc) is 2.54. The number of hydrogen-bond donors (Lipinski definition) is 2. The molecule has 0 spiro atoms. The zero-order valence-electron chi connectivity index (χ0n) is 13.0. The second-order valence-corrected chi connectivity index (χ2v) is 5.99. The zero-order valence-corrected chi connectivity index (χ0v) is 13.7. The number of aliphatic hydroxyl groups excluding tert-OH is 1. The van der Waals surface area contributed by atoms with E-state index in [-0.39, 0.29) is 12.0 Å². The van der Waals surface area contributed by atoms with Crippen molar-refractivity contribution in [3.05, 3.63) is 48.0 Å². The van der Waals surface area contributed by atoms with Crippen LogP contribution >= 0.6 is 11.6 Å². The van der Waals surface area contributed by atoms with Crippen molar-refractivity contribution < 1.29 is 14.6 Å². The number of aliphatic hydroxyl groups is 1. The highest BCUT2D eigenvalue weighted by molar-refractivity contribution is 6.18. The number of halogens is 1. The lowest BCUT2D eigenvalue weighted by molar-refractivity contribution is 0.0956. The van der Waals surface area contributed by atoms with Gasteiger partial charge in [-0.25, -0.2) is 4.79 Å². The molecule has 1 amide bonds. The molecule has 0 aliphatic heterocycles. The van der Waals surface area contributed by atoms with E-state index in [0.29, 0.717) is 19.3 Å². The van der Waals surface area contributed by atoms with Crippen molar-refractivity contribution in [2.24, 2.45) is 5.73 Å². The monoisotopic (exact) mass is 335 g/mol. The Bertz CT molecular complexity index is 647. The topological polar surface area (TPSA) is 72.6 Å². The molecule has 0 bridgehead atoms. The van der Waals surface area contributed by atoms with Gasteiger partial charge in [0.05, 0.1) is 6.10 Å². The van der Waals surface area contributed by atoms with Gasteiger partial charge in [-0.05, 0) is 35.6 Å². The first-order chi connectivity index (χ1) is 11.1. The van der Waals surface area contributed by atoms with E-state index in [2.05, 4.69) is 24.3 Å². The summed E-state index contributed by atoms with van der Waals surface area (Å²) in [6.07, 6.45) is 0.963. The fourth-order valence-corrected chi connectivity index (χ4v) is 2.81. The van der Waals surface area contributed by atoms with Crippen LogP contribution in [0.5, 0.6) is 0 Å². The third-order valence-corrected chi connectivity index (χ3v) is 4.16. The van der Waals surface area contributed by atoms with Crippen LogP contribution < -0.4 is 5.73 Å². The largest absolute Gasteiger partial charge is 0.446 e. The van der Waals surface area contributed by atoms with Crippen molar-refractivity contribution in [1.82, 2.24) is 0 Å². The summed E-state index contributed by atoms with van der Waals surface area (Å²) in [6, 6.07) is 14.3. The SMILES string of the molecule is NC(=O)O[C@@H](CCC[C@H](O)CCl)Cc1ccc2ccccc2c1. The third-order valence-electron chi connectivity index (χ3n) is 3.80. The molecule has 2 rings (SSSR count). The number of primary amides is 1. The molecule has 0 saturated carbocycles. The smallest absolute Gasteiger partial charge is 0.404 e. The highest BCUT2D eigenvalue weighted by Crippen LogP contribution is 2.19. The molecular formula is C18H22ClNO3. The molecule has 23 heavy (non-hydrogen) atoms. The van der Waals surface area contributed by atoms with E-state index < -0.39 is 12.2 Å². The third kappa shape index (κ3) is 5.73. The van der Waals surface area contributed by atoms with E-state index in [0.717, 1.165) is 17.4 Å². The lowest BCUT2D eigenvalue weighted by Crippen LogP contribution is -2.25. The van der Waals surface area contributed by atoms with Crippen LogP contribution in [-0.4, -0.2) is 29.3 Å². The van der Waals surface area contributed by atoms with Gasteiger partial charge in [-0.15, -0.1) is 11.6 Å². The fourth-order valence-electron chi connectivity index (χ4n) is 2.65. The molecule has 124 valence electrons. The molecule has 0 radical (unpaired) electrons. The number of fused-ring (bicyclic) bond motifs is 1. The molecule has 2 aromatic rings. The Kier molecular flexibility index (Phi) is 6.68. The first kappa shape index (κ1) is 17.6. The zero-order chi connectivity index (χ0) is 16.7. The molecule has 2 aromatic carbocycles. The maximum absolute atomic E-state index is 11.1. The number of alkyl halides is 1. The summed E-state index contributed by atoms with van der Waals surface area (Å²) in [5, 5.41) is 11.8. The number of rotatable bonds is 8. The average molecular weight is 336 g/mol. The van der Waals surface area contributed by atoms with E-state index in [1.807, 2.05) is 18.2 Å². The summed E-state index contributed by atoms with van der Waals surface area (Å²) in [5.41, 5.74) is 6.25. The number of benzene rings is 2. The highest BCUT2D eigenvalue weighted by Gasteiger charge is 2.14. The Morgan fingerprint density at radius 2 is 1.91 bits per heavy atom. The predicted molar refractivity (Wildman–Crippen MR) is 92.7 cm³/mol. The second-order valence-electron chi connectivity index (χ2n) is 5.68. The van der Waals surface area contributed by atoms with Gasteiger partial charge in [0, 0.05) is 12.3 Å². The van der Waals surface area contributed by atoms with Crippen LogP contribution in [0.4, 0.5) is 4.79 Å². The lowest BCUT2D eigenvalue weighted by atomic mass is 9.99. The number of hydrogen-bond acceptors (Lipinski definition) is 3. The second kappa shape index (κ2) is 8.75. The van der Waals surface area contributed by atoms with Gasteiger partial charge in [-0.3, -0.25) is 0 Å². The fraction of sp³-hybridized carbons (Fsp3) is 0.389. The van der Waals surface area contributed by atoms with Gasteiger partial charge in [-0.1, -0.05) is 42.5 Å². The van der Waals surface area contributed by atoms with Crippen molar-refractivity contribution >= 4 is 28.5 Å². The first-order valence-corrected chi connectivity index (χ1v) is 8.29. The predicted octanol–water partition coefficient (Wildman–Crippen LogP) is 3.62. The number of carbonyl (C=O) groups is 1. The Morgan fingerprint density at radius 1 is 1.17 bits per heavy atom. The highest BCUT2D eigenvalue weighted by atomic mass is 35.5. The lowest BCUT2D eigenvalue weighted by Gasteiger charge is -2.17. The van der Waals surface area contributed by atoms with Crippen LogP contribution in [0.25, 0.3) is 10.8 Å². The molecule has 0 aliphatic carbocycles. The van der Waals surface area contributed by atoms with Gasteiger partial charge in [0.25, 0.3) is 0 Å². The van der Waals surface area contributed by atoms with Gasteiger partial charge in [0.2, 0.25) is 0 Å². The van der Waals surface area contributed by atoms with Crippen LogP contribution in [0.2, 0.25) is 0 Å². The summed E-state index contributed by atoms with van der Waals surface area (Å²) in [6.45, 7) is 0. The first-order valence-electron chi connectivity index (χ1n) is 7.76. The summed E-state index contributed by atoms with van der Waals surface area (Å²) in [5.74, 6) is 0.214. The van der Waals surface area contributed by atoms with Gasteiger partial charge in [0.15, 0.2) is 0 Å². The van der Waals surface area contributed by atoms with Crippen molar-refractivity contribution in [3.8, 4) is 0 Å². The molecule has 5 heteroatoms. The van der Waals surface area contributed by atoms with Gasteiger partial charge in [0.1, 0.15) is 6.10 Å². The molecular weight excluding hydrogens is 314 g/mol. The van der Waals surface area contributed by atoms with Gasteiger partial charge < -0.3 is 15.6 Å². The number of carbonyl (C=O) groups excluding carboxylic acids is 1. The molecule has 0 aliphatic rings. The molecule has 0 aromatic heterocycles. The van der Waals surface area contributed by atoms with Crippen LogP contribution in [0, 0.1) is 0 Å². The number of ether oxygens (including phenoxy) is 1. The standard InChI is InChI=1S/C18H22ClNO3/c19-12-16(21)6-3-7-17(23-18(20)22)11-13-8-9-14-4-1-2-5-15(14)10-13/h1-2,4-5,8-10,16-17,21H,3,6-7,11-12H2,(H2,20,22)/t16-,17-/m0/s1. The minimum Gasteiger partial charge on any atom is -0.446 e. The van der Waals surface area contributed by atoms with Crippen LogP contribution in [0.1, 0.15) is 24.8 Å². The van der Waals surface area contributed by atoms with Crippen molar-refractivity contribution in [2.75, 3.05) is 5.88 Å². The quantitative estimate of drug-likeness (QED) is 0.724. The van der Waals surface area contributed by atoms with E-state index in [1.165, 1.54) is 5.39 Å². The number of nitrogens with two attached hydrogens (primary N) is 1. The minimum absolute atomic E-state index is 0.214. The maximum Gasteiger partial charge on any atom is 0.404 e. The maximum atomic E-state index is 11.1. The Balaban J connectivity index is 2.01. The van der Waals surface area contributed by atoms with E-state index in [9.17, 15) is 9.90 Å². The molecule has 0 heterocycles. The van der Waals surface area contributed by atoms with Crippen molar-refractivity contribution in [2.45, 2.75) is 37.9 Å². The molecule has 0 saturated heterocycles. The van der Waals surface area contributed by atoms with Crippen molar-refractivity contribution in [3.63, 3.8) is 0 Å². The summed E-state index contributed by atoms with van der Waals surface area (Å²) in [4.78, 5) is 11.1. The molecule has 0 unspecified atom stereocenters. The van der Waals surface area contributed by atoms with Crippen LogP contribution in [-0.2, 0) is 11.2 Å². The van der Waals surface area contributed by atoms with Gasteiger partial charge >= 0.3 is 6.09 Å². The van der Waals surface area contributed by atoms with Crippen LogP contribution in [0.15, 0.2) is 42.5 Å². The van der Waals surface area contributed by atoms with E-state index >= 15 is 0 Å². The van der Waals surface area contributed by atoms with E-state index in [1.54, 1.807) is 0 Å². The number of amides is 1.